The zero-order valence-electron chi connectivity index (χ0n) is 20.4. The highest BCUT2D eigenvalue weighted by Gasteiger charge is 2.33. The molecule has 35 heavy (non-hydrogen) atoms. The van der Waals surface area contributed by atoms with Crippen LogP contribution in [0.5, 0.6) is 0 Å². The van der Waals surface area contributed by atoms with Crippen LogP contribution < -0.4 is 10.6 Å². The lowest BCUT2D eigenvalue weighted by atomic mass is 9.88. The number of alkyl carbamates (subject to hydrolysis) is 1. The topological polar surface area (TPSA) is 105 Å². The molecule has 4 rings (SSSR count). The van der Waals surface area contributed by atoms with E-state index in [-0.39, 0.29) is 36.8 Å². The van der Waals surface area contributed by atoms with Gasteiger partial charge in [-0.05, 0) is 53.9 Å². The number of amides is 2. The summed E-state index contributed by atoms with van der Waals surface area (Å²) in [6.45, 7) is 4.28. The van der Waals surface area contributed by atoms with Gasteiger partial charge in [-0.3, -0.25) is 9.59 Å². The van der Waals surface area contributed by atoms with Gasteiger partial charge in [0.1, 0.15) is 6.61 Å². The number of nitrogens with one attached hydrogen (secondary N) is 2. The van der Waals surface area contributed by atoms with E-state index in [4.69, 9.17) is 9.84 Å². The van der Waals surface area contributed by atoms with Crippen molar-refractivity contribution in [3.8, 4) is 11.1 Å². The standard InChI is InChI=1S/C28H34N2O5/c1-28(2,26(33)30-19-12-11-18(15-19)16-25(31)32)13-14-29-27(34)35-17-24-22-9-5-3-7-20(22)21-8-4-6-10-23(21)24/h3-10,18-19,24H,11-17H2,1-2H3,(H,29,34)(H,30,33)(H,31,32)/t18-,19+/m0/s1. The molecule has 0 saturated heterocycles. The molecule has 0 bridgehead atoms. The molecular formula is C28H34N2O5. The Morgan fingerprint density at radius 2 is 1.63 bits per heavy atom. The van der Waals surface area contributed by atoms with Crippen molar-refractivity contribution in [2.45, 2.75) is 57.9 Å². The van der Waals surface area contributed by atoms with E-state index in [1.165, 1.54) is 11.1 Å². The third kappa shape index (κ3) is 5.84. The molecule has 2 aromatic carbocycles. The Labute approximate surface area is 206 Å². The average molecular weight is 479 g/mol. The average Bonchev–Trinajstić information content (AvgIpc) is 3.39. The van der Waals surface area contributed by atoms with Crippen LogP contribution in [0.2, 0.25) is 0 Å². The Balaban J connectivity index is 1.22. The van der Waals surface area contributed by atoms with Crippen LogP contribution in [0.1, 0.15) is 63.0 Å². The fraction of sp³-hybridized carbons (Fsp3) is 0.464. The van der Waals surface area contributed by atoms with Gasteiger partial charge in [0, 0.05) is 30.3 Å². The Kier molecular flexibility index (Phi) is 7.43. The number of aliphatic carboxylic acids is 1. The molecule has 2 amide bonds. The Morgan fingerprint density at radius 3 is 2.26 bits per heavy atom. The van der Waals surface area contributed by atoms with Crippen LogP contribution in [-0.4, -0.2) is 42.3 Å². The predicted octanol–water partition coefficient (Wildman–Crippen LogP) is 4.70. The predicted molar refractivity (Wildman–Crippen MR) is 133 cm³/mol. The molecule has 7 nitrogen and oxygen atoms in total. The molecule has 7 heteroatoms. The molecule has 2 atom stereocenters. The summed E-state index contributed by atoms with van der Waals surface area (Å²) in [5.41, 5.74) is 4.03. The Hall–Kier alpha value is -3.35. The van der Waals surface area contributed by atoms with Crippen LogP contribution in [0.4, 0.5) is 4.79 Å². The van der Waals surface area contributed by atoms with Crippen molar-refractivity contribution in [2.24, 2.45) is 11.3 Å². The van der Waals surface area contributed by atoms with Crippen molar-refractivity contribution in [3.05, 3.63) is 59.7 Å². The van der Waals surface area contributed by atoms with E-state index in [9.17, 15) is 14.4 Å². The van der Waals surface area contributed by atoms with E-state index in [1.54, 1.807) is 0 Å². The van der Waals surface area contributed by atoms with E-state index in [1.807, 2.05) is 38.1 Å². The molecule has 186 valence electrons. The summed E-state index contributed by atoms with van der Waals surface area (Å²) in [6.07, 6.45) is 2.45. The van der Waals surface area contributed by atoms with E-state index in [2.05, 4.69) is 34.9 Å². The summed E-state index contributed by atoms with van der Waals surface area (Å²) in [6, 6.07) is 16.4. The van der Waals surface area contributed by atoms with Gasteiger partial charge < -0.3 is 20.5 Å². The summed E-state index contributed by atoms with van der Waals surface area (Å²) in [5.74, 6) is -0.739. The van der Waals surface area contributed by atoms with Gasteiger partial charge in [0.25, 0.3) is 0 Å². The lowest BCUT2D eigenvalue weighted by molar-refractivity contribution is -0.138. The maximum atomic E-state index is 12.8. The molecule has 2 aliphatic carbocycles. The van der Waals surface area contributed by atoms with Gasteiger partial charge in [0.05, 0.1) is 0 Å². The number of carbonyl (C=O) groups excluding carboxylic acids is 2. The molecule has 1 fully saturated rings. The number of hydrogen-bond donors (Lipinski definition) is 3. The lowest BCUT2D eigenvalue weighted by Crippen LogP contribution is -2.43. The largest absolute Gasteiger partial charge is 0.481 e. The van der Waals surface area contributed by atoms with Gasteiger partial charge >= 0.3 is 12.1 Å². The van der Waals surface area contributed by atoms with Crippen LogP contribution in [-0.2, 0) is 14.3 Å². The molecule has 0 spiro atoms. The van der Waals surface area contributed by atoms with Gasteiger partial charge in [-0.25, -0.2) is 4.79 Å². The molecule has 2 aromatic rings. The highest BCUT2D eigenvalue weighted by molar-refractivity contribution is 5.82. The van der Waals surface area contributed by atoms with Crippen molar-refractivity contribution < 1.29 is 24.2 Å². The van der Waals surface area contributed by atoms with Gasteiger partial charge in [-0.2, -0.15) is 0 Å². The van der Waals surface area contributed by atoms with E-state index < -0.39 is 17.5 Å². The van der Waals surface area contributed by atoms with Crippen molar-refractivity contribution in [2.75, 3.05) is 13.2 Å². The first-order chi connectivity index (χ1) is 16.7. The van der Waals surface area contributed by atoms with E-state index in [0.717, 1.165) is 24.0 Å². The second kappa shape index (κ2) is 10.5. The highest BCUT2D eigenvalue weighted by Crippen LogP contribution is 2.44. The molecule has 0 aliphatic heterocycles. The normalized spacial score (nSPS) is 19.0. The summed E-state index contributed by atoms with van der Waals surface area (Å²) in [4.78, 5) is 36.1. The first-order valence-corrected chi connectivity index (χ1v) is 12.4. The zero-order chi connectivity index (χ0) is 25.0. The quantitative estimate of drug-likeness (QED) is 0.485. The molecule has 0 heterocycles. The van der Waals surface area contributed by atoms with Gasteiger partial charge in [-0.15, -0.1) is 0 Å². The molecular weight excluding hydrogens is 444 g/mol. The second-order valence-corrected chi connectivity index (χ2v) is 10.3. The minimum Gasteiger partial charge on any atom is -0.481 e. The maximum Gasteiger partial charge on any atom is 0.407 e. The van der Waals surface area contributed by atoms with Crippen molar-refractivity contribution >= 4 is 18.0 Å². The number of hydrogen-bond acceptors (Lipinski definition) is 4. The first-order valence-electron chi connectivity index (χ1n) is 12.4. The summed E-state index contributed by atoms with van der Waals surface area (Å²) in [5, 5.41) is 14.8. The lowest BCUT2D eigenvalue weighted by Gasteiger charge is -2.26. The van der Waals surface area contributed by atoms with Crippen LogP contribution in [0.25, 0.3) is 11.1 Å². The minimum atomic E-state index is -0.790. The Bertz CT molecular complexity index is 1050. The zero-order valence-corrected chi connectivity index (χ0v) is 20.4. The van der Waals surface area contributed by atoms with Gasteiger partial charge in [0.2, 0.25) is 5.91 Å². The Morgan fingerprint density at radius 1 is 1.00 bits per heavy atom. The first kappa shape index (κ1) is 24.8. The fourth-order valence-electron chi connectivity index (χ4n) is 5.26. The van der Waals surface area contributed by atoms with Crippen LogP contribution in [0.3, 0.4) is 0 Å². The fourth-order valence-corrected chi connectivity index (χ4v) is 5.26. The summed E-state index contributed by atoms with van der Waals surface area (Å²) < 4.78 is 5.57. The molecule has 0 unspecified atom stereocenters. The van der Waals surface area contributed by atoms with E-state index in [0.29, 0.717) is 19.4 Å². The summed E-state index contributed by atoms with van der Waals surface area (Å²) >= 11 is 0. The minimum absolute atomic E-state index is 0.00623. The van der Waals surface area contributed by atoms with Gasteiger partial charge in [0.15, 0.2) is 0 Å². The van der Waals surface area contributed by atoms with Crippen LogP contribution >= 0.6 is 0 Å². The highest BCUT2D eigenvalue weighted by atomic mass is 16.5. The third-order valence-corrected chi connectivity index (χ3v) is 7.32. The molecule has 3 N–H and O–H groups in total. The number of fused-ring (bicyclic) bond motifs is 3. The molecule has 1 saturated carbocycles. The van der Waals surface area contributed by atoms with Crippen molar-refractivity contribution in [3.63, 3.8) is 0 Å². The van der Waals surface area contributed by atoms with Crippen LogP contribution in [0, 0.1) is 11.3 Å². The van der Waals surface area contributed by atoms with Gasteiger partial charge in [-0.1, -0.05) is 62.4 Å². The molecule has 0 aromatic heterocycles. The van der Waals surface area contributed by atoms with Crippen LogP contribution in [0.15, 0.2) is 48.5 Å². The molecule has 0 radical (unpaired) electrons. The SMILES string of the molecule is CC(C)(CCNC(=O)OCC1c2ccccc2-c2ccccc21)C(=O)N[C@@H]1CC[C@H](CC(=O)O)C1. The summed E-state index contributed by atoms with van der Waals surface area (Å²) in [7, 11) is 0. The smallest absolute Gasteiger partial charge is 0.407 e. The number of benzene rings is 2. The maximum absolute atomic E-state index is 12.8. The van der Waals surface area contributed by atoms with E-state index >= 15 is 0 Å². The van der Waals surface area contributed by atoms with Crippen molar-refractivity contribution in [1.82, 2.24) is 10.6 Å². The number of ether oxygens (including phenoxy) is 1. The number of carbonyl (C=O) groups is 3. The number of carboxylic acids is 1. The molecule has 2 aliphatic rings. The second-order valence-electron chi connectivity index (χ2n) is 10.3. The monoisotopic (exact) mass is 478 g/mol. The third-order valence-electron chi connectivity index (χ3n) is 7.32. The van der Waals surface area contributed by atoms with Crippen molar-refractivity contribution in [1.29, 1.82) is 0 Å². The number of carboxylic acid groups (broad SMARTS) is 1. The number of rotatable bonds is 9.